The van der Waals surface area contributed by atoms with Gasteiger partial charge in [0.05, 0.1) is 100 Å². The van der Waals surface area contributed by atoms with Crippen molar-refractivity contribution >= 4 is 199 Å². The first kappa shape index (κ1) is 81.9. The van der Waals surface area contributed by atoms with Gasteiger partial charge in [-0.2, -0.15) is 0 Å². The van der Waals surface area contributed by atoms with Crippen LogP contribution in [0.2, 0.25) is 5.02 Å². The van der Waals surface area contributed by atoms with Crippen LogP contribution in [0.5, 0.6) is 28.7 Å². The van der Waals surface area contributed by atoms with Gasteiger partial charge in [0.1, 0.15) is 28.7 Å². The number of carbonyl (C=O) groups is 4. The standard InChI is InChI=1S/C19H16N2O3S.C18H13BrN2O2S.C18H11F3N2O2S.C17H10BrClN2O2S.C17H12N2S2/c1-23-11-7-10(8-12(9-11)24-2)16-15-17(21-19(25)20-16)13-5-3-4-6-14(13)18(15)22;1-8-2-4-10-11(6-8)17(23)14-15(10)20-18(24)21-16(14)12-7-9(22)3-5-13(12)19;19-18(20,21)25-10-5-3-4-9(8-10)14-13-15(23-17(26)22-14)11-6-1-2-7-12(11)16(13)24;18-12-4-2-8(22)6-11(12)15-13-14(20-17(24)21-15)9-3-1-7(19)5-10(9)16(13)23;20-16-12-9-5-4-8-11(12)15-13(16)14(18-17(21)19-15)10-6-2-1-3-7-10/h3-9,16H,1-2H3,(H2,20,21,25);2-7,16,22H,1H3,(H2,20,21,24);1-8,14H,(H2,22,23,26);1-6,15,22H,(H2,20,21,24);1-9,14H,(H2,18,19,21). The summed E-state index contributed by atoms with van der Waals surface area (Å²) in [4.78, 5) is 52.7. The van der Waals surface area contributed by atoms with Crippen LogP contribution in [0.1, 0.15) is 138 Å². The summed E-state index contributed by atoms with van der Waals surface area (Å²) in [5.41, 5.74) is 20.2. The molecule has 0 saturated carbocycles. The number of phenolic OH excluding ortho intramolecular Hbond substituents is 2. The Balaban J connectivity index is 0.000000112. The van der Waals surface area contributed by atoms with Crippen LogP contribution < -0.4 is 67.4 Å². The fraction of sp³-hybridized carbons (Fsp3) is 0.101. The summed E-state index contributed by atoms with van der Waals surface area (Å²) >= 11 is 45.3. The second-order valence-corrected chi connectivity index (χ2v) is 32.8. The zero-order chi connectivity index (χ0) is 84.4. The van der Waals surface area contributed by atoms with E-state index in [4.69, 9.17) is 94.4 Å². The number of ether oxygens (including phenoxy) is 3. The van der Waals surface area contributed by atoms with E-state index in [-0.39, 0.29) is 52.5 Å². The lowest BCUT2D eigenvalue weighted by Gasteiger charge is -2.29. The van der Waals surface area contributed by atoms with Gasteiger partial charge in [-0.1, -0.05) is 195 Å². The van der Waals surface area contributed by atoms with Crippen molar-refractivity contribution in [3.8, 4) is 28.7 Å². The van der Waals surface area contributed by atoms with E-state index in [1.807, 2.05) is 104 Å². The molecule has 0 aromatic heterocycles. The monoisotopic (exact) mass is 1860 g/mol. The molecule has 0 spiro atoms. The van der Waals surface area contributed by atoms with Gasteiger partial charge in [-0.3, -0.25) is 19.2 Å². The fourth-order valence-corrected chi connectivity index (χ4v) is 18.4. The molecular formula is C89H62Br2ClF3N10O9S6. The Morgan fingerprint density at radius 2 is 0.717 bits per heavy atom. The van der Waals surface area contributed by atoms with Crippen LogP contribution in [-0.4, -0.2) is 84.4 Å². The zero-order valence-corrected chi connectivity index (χ0v) is 71.5. The van der Waals surface area contributed by atoms with Gasteiger partial charge in [-0.05, 0) is 175 Å². The van der Waals surface area contributed by atoms with Crippen molar-refractivity contribution in [1.82, 2.24) is 53.2 Å². The number of rotatable bonds is 8. The van der Waals surface area contributed by atoms with Crippen molar-refractivity contribution in [1.29, 1.82) is 0 Å². The summed E-state index contributed by atoms with van der Waals surface area (Å²) in [5.74, 6) is 0.901. The van der Waals surface area contributed by atoms with Gasteiger partial charge in [0, 0.05) is 81.2 Å². The largest absolute Gasteiger partial charge is 0.573 e. The minimum absolute atomic E-state index is 0.000105. The Morgan fingerprint density at radius 1 is 0.358 bits per heavy atom. The molecule has 5 heterocycles. The van der Waals surface area contributed by atoms with Gasteiger partial charge in [-0.25, -0.2) is 0 Å². The number of thiocarbonyl (C=S) groups is 6. The number of carbonyl (C=O) groups excluding carboxylic acids is 4. The number of methoxy groups -OCH3 is 2. The number of halogens is 6. The number of aromatic hydroxyl groups is 2. The molecule has 0 amide bonds. The molecule has 10 aromatic rings. The van der Waals surface area contributed by atoms with E-state index in [1.54, 1.807) is 93.1 Å². The third-order valence-electron chi connectivity index (χ3n) is 20.9. The van der Waals surface area contributed by atoms with E-state index in [0.717, 1.165) is 92.1 Å². The fourth-order valence-electron chi connectivity index (χ4n) is 15.8. The quantitative estimate of drug-likeness (QED) is 0.0632. The molecule has 5 atom stereocenters. The third-order valence-corrected chi connectivity index (χ3v) is 24.2. The maximum atomic E-state index is 13.0. The van der Waals surface area contributed by atoms with Crippen LogP contribution in [0, 0.1) is 6.92 Å². The summed E-state index contributed by atoms with van der Waals surface area (Å²) in [5, 5.41) is 53.9. The molecule has 120 heavy (non-hydrogen) atoms. The number of hydrogen-bond donors (Lipinski definition) is 12. The Bertz CT molecular complexity index is 6200. The number of phenols is 2. The molecule has 0 bridgehead atoms. The van der Waals surface area contributed by atoms with Crippen LogP contribution in [0.15, 0.2) is 255 Å². The molecule has 5 aliphatic carbocycles. The molecule has 10 aliphatic rings. The topological polar surface area (TPSA) is 257 Å². The van der Waals surface area contributed by atoms with Crippen molar-refractivity contribution < 1.29 is 56.8 Å². The first-order chi connectivity index (χ1) is 57.6. The minimum Gasteiger partial charge on any atom is -0.508 e. The lowest BCUT2D eigenvalue weighted by molar-refractivity contribution is -0.274. The van der Waals surface area contributed by atoms with Crippen LogP contribution in [0.3, 0.4) is 0 Å². The summed E-state index contributed by atoms with van der Waals surface area (Å²) < 4.78 is 53.8. The first-order valence-corrected chi connectivity index (χ1v) is 41.1. The number of benzene rings is 10. The lowest BCUT2D eigenvalue weighted by Crippen LogP contribution is -2.43. The van der Waals surface area contributed by atoms with Gasteiger partial charge in [0.25, 0.3) is 0 Å². The molecular weight excluding hydrogens is 1800 g/mol. The van der Waals surface area contributed by atoms with E-state index in [1.165, 1.54) is 23.8 Å². The van der Waals surface area contributed by atoms with Crippen LogP contribution in [0.4, 0.5) is 13.2 Å². The molecule has 12 N–H and O–H groups in total. The summed E-state index contributed by atoms with van der Waals surface area (Å²) in [6, 6.07) is 63.3. The van der Waals surface area contributed by atoms with Gasteiger partial charge in [0.15, 0.2) is 48.7 Å². The highest BCUT2D eigenvalue weighted by Gasteiger charge is 2.45. The van der Waals surface area contributed by atoms with E-state index in [0.29, 0.717) is 104 Å². The predicted octanol–water partition coefficient (Wildman–Crippen LogP) is 17.4. The van der Waals surface area contributed by atoms with E-state index in [2.05, 4.69) is 114 Å². The first-order valence-electron chi connectivity index (χ1n) is 36.7. The molecule has 20 rings (SSSR count). The van der Waals surface area contributed by atoms with Crippen LogP contribution >= 0.6 is 117 Å². The zero-order valence-electron chi connectivity index (χ0n) is 62.6. The molecule has 5 aliphatic heterocycles. The summed E-state index contributed by atoms with van der Waals surface area (Å²) in [6.45, 7) is 1.96. The number of alkyl halides is 3. The van der Waals surface area contributed by atoms with Crippen molar-refractivity contribution in [3.63, 3.8) is 0 Å². The average molecular weight is 1860 g/mol. The normalized spacial score (nSPS) is 18.9. The van der Waals surface area contributed by atoms with E-state index in [9.17, 15) is 42.6 Å². The second-order valence-electron chi connectivity index (χ2n) is 28.2. The molecule has 19 nitrogen and oxygen atoms in total. The van der Waals surface area contributed by atoms with Gasteiger partial charge in [0.2, 0.25) is 0 Å². The molecule has 0 radical (unpaired) electrons. The second kappa shape index (κ2) is 33.4. The molecule has 0 saturated heterocycles. The number of Topliss-reactive ketones (excluding diaryl/α,β-unsaturated/α-hetero) is 4. The minimum atomic E-state index is -4.79. The third kappa shape index (κ3) is 15.8. The molecule has 31 heteroatoms. The average Bonchev–Trinajstić information content (AvgIpc) is 1.68. The van der Waals surface area contributed by atoms with Crippen LogP contribution in [0.25, 0.3) is 28.5 Å². The highest BCUT2D eigenvalue weighted by Crippen LogP contribution is 2.48. The highest BCUT2D eigenvalue weighted by molar-refractivity contribution is 9.10. The molecule has 10 aromatic carbocycles. The van der Waals surface area contributed by atoms with Gasteiger partial charge >= 0.3 is 6.36 Å². The number of fused-ring (bicyclic) bond motifs is 10. The number of aryl methyl sites for hydroxylation is 1. The number of nitrogens with one attached hydrogen (secondary N) is 10. The predicted molar refractivity (Wildman–Crippen MR) is 484 cm³/mol. The Morgan fingerprint density at radius 3 is 1.18 bits per heavy atom. The molecule has 5 unspecified atom stereocenters. The van der Waals surface area contributed by atoms with Crippen molar-refractivity contribution in [2.45, 2.75) is 43.5 Å². The summed E-state index contributed by atoms with van der Waals surface area (Å²) in [7, 11) is 3.20. The van der Waals surface area contributed by atoms with Crippen LogP contribution in [-0.2, 0) is 0 Å². The van der Waals surface area contributed by atoms with Gasteiger partial charge < -0.3 is 77.6 Å². The van der Waals surface area contributed by atoms with Crippen molar-refractivity contribution in [3.05, 3.63) is 349 Å². The van der Waals surface area contributed by atoms with E-state index < -0.39 is 24.5 Å². The molecule has 0 fully saturated rings. The van der Waals surface area contributed by atoms with E-state index >= 15 is 0 Å². The maximum Gasteiger partial charge on any atom is 0.573 e. The number of ketones is 4. The highest BCUT2D eigenvalue weighted by atomic mass is 79.9. The molecule has 600 valence electrons. The van der Waals surface area contributed by atoms with Crippen molar-refractivity contribution in [2.75, 3.05) is 14.2 Å². The Kier molecular flexibility index (Phi) is 22.8. The number of hydrogen-bond acceptors (Lipinski definition) is 15. The Labute approximate surface area is 738 Å². The summed E-state index contributed by atoms with van der Waals surface area (Å²) in [6.07, 6.45) is -4.79. The maximum absolute atomic E-state index is 13.0. The lowest BCUT2D eigenvalue weighted by atomic mass is 9.94. The SMILES string of the molecule is COc1cc(OC)cc(C2NC(=S)NC3=C2C(=O)c2ccccc23)c1.Cc1ccc2c(c1)C(=O)C1=C2NC(=S)NC1c1cc(O)ccc1Br.O=C1C2=C(NC(=S)NC2c2cc(O)ccc2Br)c2ccc(Cl)cc21.O=C1C2=C(NC(=S)NC2c2cccc(OC(F)(F)F)c2)c2ccccc21.S=C1NC2=C(C(=S)c3ccccc32)C(c2ccccc2)N1. The smallest absolute Gasteiger partial charge is 0.508 e. The van der Waals surface area contributed by atoms with Gasteiger partial charge in [-0.15, -0.1) is 13.2 Å². The van der Waals surface area contributed by atoms with Crippen molar-refractivity contribution in [2.24, 2.45) is 0 Å². The Hall–Kier alpha value is -11.8.